The zero-order chi connectivity index (χ0) is 15.5. The number of thiazole rings is 1. The normalized spacial score (nSPS) is 22.8. The van der Waals surface area contributed by atoms with Crippen molar-refractivity contribution < 1.29 is 4.79 Å². The molecule has 3 N–H and O–H groups in total. The molecule has 2 aromatic rings. The van der Waals surface area contributed by atoms with Crippen LogP contribution in [0, 0.1) is 11.8 Å². The van der Waals surface area contributed by atoms with Crippen molar-refractivity contribution in [1.82, 2.24) is 9.88 Å². The standard InChI is InChI=1S/C16H22N4OS/c1-11-6-7-20(9-12(11)8-17)10-15(21)19-16-18-13-4-2-3-5-14(13)22-16/h2-5,11-12H,6-10,17H2,1H3,(H,18,19,21). The molecule has 0 saturated carbocycles. The maximum Gasteiger partial charge on any atom is 0.240 e. The topological polar surface area (TPSA) is 71.2 Å². The molecule has 0 spiro atoms. The summed E-state index contributed by atoms with van der Waals surface area (Å²) in [5, 5.41) is 3.59. The molecule has 2 unspecified atom stereocenters. The van der Waals surface area contributed by atoms with Gasteiger partial charge < -0.3 is 11.1 Å². The molecule has 6 heteroatoms. The molecule has 22 heavy (non-hydrogen) atoms. The highest BCUT2D eigenvalue weighted by Gasteiger charge is 2.26. The third-order valence-electron chi connectivity index (χ3n) is 4.41. The fourth-order valence-electron chi connectivity index (χ4n) is 2.96. The van der Waals surface area contributed by atoms with Gasteiger partial charge in [-0.25, -0.2) is 4.98 Å². The van der Waals surface area contributed by atoms with Crippen molar-refractivity contribution in [3.05, 3.63) is 24.3 Å². The van der Waals surface area contributed by atoms with Crippen LogP contribution in [0.5, 0.6) is 0 Å². The van der Waals surface area contributed by atoms with Gasteiger partial charge in [-0.3, -0.25) is 9.69 Å². The second-order valence-electron chi connectivity index (χ2n) is 6.03. The fraction of sp³-hybridized carbons (Fsp3) is 0.500. The Hall–Kier alpha value is -1.50. The molecule has 1 aromatic carbocycles. The molecular formula is C16H22N4OS. The first-order valence-electron chi connectivity index (χ1n) is 7.73. The van der Waals surface area contributed by atoms with E-state index in [1.54, 1.807) is 0 Å². The number of piperidine rings is 1. The molecule has 118 valence electrons. The van der Waals surface area contributed by atoms with Gasteiger partial charge in [0.2, 0.25) is 5.91 Å². The fourth-order valence-corrected chi connectivity index (χ4v) is 3.84. The van der Waals surface area contributed by atoms with Crippen molar-refractivity contribution >= 4 is 32.6 Å². The SMILES string of the molecule is CC1CCN(CC(=O)Nc2nc3ccccc3s2)CC1CN. The van der Waals surface area contributed by atoms with Gasteiger partial charge in [-0.1, -0.05) is 30.4 Å². The largest absolute Gasteiger partial charge is 0.330 e. The van der Waals surface area contributed by atoms with Crippen molar-refractivity contribution in [1.29, 1.82) is 0 Å². The van der Waals surface area contributed by atoms with E-state index < -0.39 is 0 Å². The molecule has 5 nitrogen and oxygen atoms in total. The molecular weight excluding hydrogens is 296 g/mol. The number of likely N-dealkylation sites (tertiary alicyclic amines) is 1. The van der Waals surface area contributed by atoms with Crippen LogP contribution in [0.1, 0.15) is 13.3 Å². The minimum Gasteiger partial charge on any atom is -0.330 e. The van der Waals surface area contributed by atoms with Crippen LogP contribution in [-0.4, -0.2) is 42.0 Å². The maximum absolute atomic E-state index is 12.2. The molecule has 1 aliphatic heterocycles. The number of nitrogens with two attached hydrogens (primary N) is 1. The van der Waals surface area contributed by atoms with Gasteiger partial charge in [0.25, 0.3) is 0 Å². The Balaban J connectivity index is 1.58. The smallest absolute Gasteiger partial charge is 0.240 e. The molecule has 0 bridgehead atoms. The number of rotatable bonds is 4. The lowest BCUT2D eigenvalue weighted by Gasteiger charge is -2.36. The zero-order valence-electron chi connectivity index (χ0n) is 12.8. The third-order valence-corrected chi connectivity index (χ3v) is 5.36. The van der Waals surface area contributed by atoms with Gasteiger partial charge in [-0.15, -0.1) is 0 Å². The van der Waals surface area contributed by atoms with Crippen LogP contribution in [0.2, 0.25) is 0 Å². The molecule has 0 aliphatic carbocycles. The quantitative estimate of drug-likeness (QED) is 0.906. The summed E-state index contributed by atoms with van der Waals surface area (Å²) in [6, 6.07) is 7.91. The van der Waals surface area contributed by atoms with Gasteiger partial charge in [0.15, 0.2) is 5.13 Å². The highest BCUT2D eigenvalue weighted by Crippen LogP contribution is 2.26. The minimum absolute atomic E-state index is 0.00406. The number of aromatic nitrogens is 1. The van der Waals surface area contributed by atoms with E-state index in [1.807, 2.05) is 24.3 Å². The predicted octanol–water partition coefficient (Wildman–Crippen LogP) is 2.15. The molecule has 1 saturated heterocycles. The van der Waals surface area contributed by atoms with E-state index in [0.29, 0.717) is 30.1 Å². The van der Waals surface area contributed by atoms with Crippen LogP contribution in [0.25, 0.3) is 10.2 Å². The minimum atomic E-state index is 0.00406. The van der Waals surface area contributed by atoms with Crippen LogP contribution in [0.15, 0.2) is 24.3 Å². The molecule has 0 radical (unpaired) electrons. The highest BCUT2D eigenvalue weighted by molar-refractivity contribution is 7.22. The monoisotopic (exact) mass is 318 g/mol. The van der Waals surface area contributed by atoms with E-state index in [1.165, 1.54) is 11.3 Å². The molecule has 2 heterocycles. The lowest BCUT2D eigenvalue weighted by atomic mass is 9.87. The number of anilines is 1. The maximum atomic E-state index is 12.2. The molecule has 1 amide bonds. The van der Waals surface area contributed by atoms with E-state index in [0.717, 1.165) is 29.7 Å². The predicted molar refractivity (Wildman–Crippen MR) is 91.0 cm³/mol. The average molecular weight is 318 g/mol. The molecule has 2 atom stereocenters. The van der Waals surface area contributed by atoms with Crippen LogP contribution in [-0.2, 0) is 4.79 Å². The van der Waals surface area contributed by atoms with Crippen molar-refractivity contribution in [2.45, 2.75) is 13.3 Å². The summed E-state index contributed by atoms with van der Waals surface area (Å²) in [6.07, 6.45) is 1.11. The second-order valence-corrected chi connectivity index (χ2v) is 7.06. The van der Waals surface area contributed by atoms with Gasteiger partial charge >= 0.3 is 0 Å². The first-order valence-corrected chi connectivity index (χ1v) is 8.55. The summed E-state index contributed by atoms with van der Waals surface area (Å²) in [4.78, 5) is 18.8. The number of carbonyl (C=O) groups is 1. The number of nitrogens with zero attached hydrogens (tertiary/aromatic N) is 2. The number of benzene rings is 1. The molecule has 1 aromatic heterocycles. The molecule has 1 fully saturated rings. The van der Waals surface area contributed by atoms with E-state index >= 15 is 0 Å². The number of amides is 1. The zero-order valence-corrected chi connectivity index (χ0v) is 13.6. The Labute approximate surface area is 134 Å². The summed E-state index contributed by atoms with van der Waals surface area (Å²) in [5.74, 6) is 1.14. The number of para-hydroxylation sites is 1. The van der Waals surface area contributed by atoms with Gasteiger partial charge in [0.05, 0.1) is 16.8 Å². The van der Waals surface area contributed by atoms with Crippen LogP contribution >= 0.6 is 11.3 Å². The number of hydrogen-bond acceptors (Lipinski definition) is 5. The first kappa shape index (κ1) is 15.4. The first-order chi connectivity index (χ1) is 10.7. The van der Waals surface area contributed by atoms with E-state index in [9.17, 15) is 4.79 Å². The second kappa shape index (κ2) is 6.73. The van der Waals surface area contributed by atoms with Gasteiger partial charge in [-0.2, -0.15) is 0 Å². The van der Waals surface area contributed by atoms with Crippen molar-refractivity contribution in [2.75, 3.05) is 31.5 Å². The van der Waals surface area contributed by atoms with E-state index in [4.69, 9.17) is 5.73 Å². The Morgan fingerprint density at radius 1 is 1.50 bits per heavy atom. The summed E-state index contributed by atoms with van der Waals surface area (Å²) in [7, 11) is 0. The number of carbonyl (C=O) groups excluding carboxylic acids is 1. The van der Waals surface area contributed by atoms with Crippen LogP contribution in [0.4, 0.5) is 5.13 Å². The summed E-state index contributed by atoms with van der Waals surface area (Å²) in [5.41, 5.74) is 6.75. The molecule has 1 aliphatic rings. The number of nitrogens with one attached hydrogen (secondary N) is 1. The summed E-state index contributed by atoms with van der Waals surface area (Å²) >= 11 is 1.51. The van der Waals surface area contributed by atoms with Gasteiger partial charge in [0.1, 0.15) is 0 Å². The van der Waals surface area contributed by atoms with Gasteiger partial charge in [-0.05, 0) is 43.5 Å². The van der Waals surface area contributed by atoms with E-state index in [2.05, 4.69) is 22.1 Å². The van der Waals surface area contributed by atoms with E-state index in [-0.39, 0.29) is 5.91 Å². The Morgan fingerprint density at radius 3 is 3.09 bits per heavy atom. The Kier molecular flexibility index (Phi) is 4.71. The number of fused-ring (bicyclic) bond motifs is 1. The van der Waals surface area contributed by atoms with Crippen LogP contribution < -0.4 is 11.1 Å². The van der Waals surface area contributed by atoms with Gasteiger partial charge in [0, 0.05) is 6.54 Å². The Bertz CT molecular complexity index is 623. The van der Waals surface area contributed by atoms with Crippen molar-refractivity contribution in [2.24, 2.45) is 17.6 Å². The summed E-state index contributed by atoms with van der Waals surface area (Å²) < 4.78 is 1.09. The lowest BCUT2D eigenvalue weighted by molar-refractivity contribution is -0.117. The summed E-state index contributed by atoms with van der Waals surface area (Å²) in [6.45, 7) is 5.22. The molecule has 3 rings (SSSR count). The lowest BCUT2D eigenvalue weighted by Crippen LogP contribution is -2.45. The third kappa shape index (κ3) is 3.45. The van der Waals surface area contributed by atoms with Crippen molar-refractivity contribution in [3.8, 4) is 0 Å². The van der Waals surface area contributed by atoms with Crippen LogP contribution in [0.3, 0.4) is 0 Å². The van der Waals surface area contributed by atoms with Crippen molar-refractivity contribution in [3.63, 3.8) is 0 Å². The Morgan fingerprint density at radius 2 is 2.32 bits per heavy atom. The number of hydrogen-bond donors (Lipinski definition) is 2. The average Bonchev–Trinajstić information content (AvgIpc) is 2.91. The highest BCUT2D eigenvalue weighted by atomic mass is 32.1.